The average molecular weight is 341 g/mol. The van der Waals surface area contributed by atoms with Gasteiger partial charge in [0.1, 0.15) is 11.4 Å². The number of nitrogens with one attached hydrogen (secondary N) is 1. The van der Waals surface area contributed by atoms with E-state index in [-0.39, 0.29) is 17.9 Å². The lowest BCUT2D eigenvalue weighted by Gasteiger charge is -2.19. The van der Waals surface area contributed by atoms with Gasteiger partial charge >= 0.3 is 12.1 Å². The molecule has 1 amide bonds. The van der Waals surface area contributed by atoms with E-state index in [2.05, 4.69) is 5.32 Å². The van der Waals surface area contributed by atoms with Crippen molar-refractivity contribution in [3.63, 3.8) is 0 Å². The molecule has 0 atom stereocenters. The number of carbonyl (C=O) groups is 2. The van der Waals surface area contributed by atoms with Crippen LogP contribution in [0.1, 0.15) is 31.1 Å². The number of thioether (sulfide) groups is 1. The molecule has 126 valence electrons. The number of benzene rings is 1. The summed E-state index contributed by atoms with van der Waals surface area (Å²) in [5.74, 6) is -1.38. The number of hydrogen-bond donors (Lipinski definition) is 2. The van der Waals surface area contributed by atoms with Gasteiger partial charge in [0.2, 0.25) is 0 Å². The van der Waals surface area contributed by atoms with Crippen LogP contribution in [0.4, 0.5) is 9.18 Å². The summed E-state index contributed by atoms with van der Waals surface area (Å²) in [6, 6.07) is 6.28. The Balaban J connectivity index is 2.41. The first-order chi connectivity index (χ1) is 10.7. The Morgan fingerprint density at radius 1 is 1.39 bits per heavy atom. The van der Waals surface area contributed by atoms with E-state index in [1.54, 1.807) is 32.9 Å². The summed E-state index contributed by atoms with van der Waals surface area (Å²) in [6.07, 6.45) is 0.640. The third-order valence-corrected chi connectivity index (χ3v) is 3.43. The second-order valence-corrected chi connectivity index (χ2v) is 6.70. The number of aromatic carboxylic acids is 1. The maximum atomic E-state index is 13.7. The van der Waals surface area contributed by atoms with Gasteiger partial charge in [0.25, 0.3) is 0 Å². The van der Waals surface area contributed by atoms with Crippen molar-refractivity contribution in [2.75, 3.05) is 12.3 Å². The molecular weight excluding hydrogens is 321 g/mol. The van der Waals surface area contributed by atoms with E-state index in [0.29, 0.717) is 4.90 Å². The van der Waals surface area contributed by atoms with Gasteiger partial charge in [-0.1, -0.05) is 6.07 Å². The summed E-state index contributed by atoms with van der Waals surface area (Å²) in [7, 11) is 0. The molecule has 2 N–H and O–H groups in total. The SMILES string of the molecule is CC(C)(C)OC(=O)NCC=C(F)CSc1cccc(C(=O)O)c1. The molecule has 1 aromatic carbocycles. The minimum Gasteiger partial charge on any atom is -0.478 e. The van der Waals surface area contributed by atoms with Crippen LogP contribution in [0.25, 0.3) is 0 Å². The highest BCUT2D eigenvalue weighted by Gasteiger charge is 2.15. The Morgan fingerprint density at radius 2 is 2.09 bits per heavy atom. The van der Waals surface area contributed by atoms with Crippen molar-refractivity contribution in [3.8, 4) is 0 Å². The molecule has 0 spiro atoms. The normalized spacial score (nSPS) is 11.9. The standard InChI is InChI=1S/C16H20FNO4S/c1-16(2,3)22-15(21)18-8-7-12(17)10-23-13-6-4-5-11(9-13)14(19)20/h4-7,9H,8,10H2,1-3H3,(H,18,21)(H,19,20). The van der Waals surface area contributed by atoms with Crippen LogP contribution in [-0.2, 0) is 4.74 Å². The third-order valence-electron chi connectivity index (χ3n) is 2.43. The minimum atomic E-state index is -1.02. The fraction of sp³-hybridized carbons (Fsp3) is 0.375. The molecule has 0 aliphatic heterocycles. The van der Waals surface area contributed by atoms with Crippen LogP contribution in [0.5, 0.6) is 0 Å². The molecule has 0 radical (unpaired) electrons. The molecule has 1 rings (SSSR count). The zero-order chi connectivity index (χ0) is 17.5. The Hall–Kier alpha value is -2.02. The van der Waals surface area contributed by atoms with Crippen LogP contribution >= 0.6 is 11.8 Å². The lowest BCUT2D eigenvalue weighted by molar-refractivity contribution is 0.0533. The monoisotopic (exact) mass is 341 g/mol. The summed E-state index contributed by atoms with van der Waals surface area (Å²) in [5, 5.41) is 11.3. The van der Waals surface area contributed by atoms with Gasteiger partial charge in [-0.05, 0) is 45.0 Å². The molecule has 0 aliphatic rings. The molecule has 0 saturated heterocycles. The van der Waals surface area contributed by atoms with Crippen molar-refractivity contribution in [2.24, 2.45) is 0 Å². The molecule has 0 bridgehead atoms. The van der Waals surface area contributed by atoms with Crippen LogP contribution in [-0.4, -0.2) is 35.1 Å². The van der Waals surface area contributed by atoms with E-state index in [0.717, 1.165) is 0 Å². The van der Waals surface area contributed by atoms with E-state index < -0.39 is 23.5 Å². The lowest BCUT2D eigenvalue weighted by atomic mass is 10.2. The number of carboxylic acids is 1. The first-order valence-corrected chi connectivity index (χ1v) is 7.93. The summed E-state index contributed by atoms with van der Waals surface area (Å²) in [4.78, 5) is 22.9. The fourth-order valence-electron chi connectivity index (χ4n) is 1.49. The average Bonchev–Trinajstić information content (AvgIpc) is 2.43. The number of carbonyl (C=O) groups excluding carboxylic acids is 1. The summed E-state index contributed by atoms with van der Waals surface area (Å²) >= 11 is 1.18. The number of ether oxygens (including phenoxy) is 1. The second-order valence-electron chi connectivity index (χ2n) is 5.66. The van der Waals surface area contributed by atoms with Crippen molar-refractivity contribution >= 4 is 23.8 Å². The maximum absolute atomic E-state index is 13.7. The van der Waals surface area contributed by atoms with Gasteiger partial charge in [-0.2, -0.15) is 0 Å². The topological polar surface area (TPSA) is 75.6 Å². The van der Waals surface area contributed by atoms with Gasteiger partial charge in [-0.25, -0.2) is 14.0 Å². The van der Waals surface area contributed by atoms with Crippen molar-refractivity contribution in [1.82, 2.24) is 5.32 Å². The van der Waals surface area contributed by atoms with Crippen LogP contribution in [0.3, 0.4) is 0 Å². The molecule has 0 unspecified atom stereocenters. The van der Waals surface area contributed by atoms with Gasteiger partial charge in [0, 0.05) is 17.2 Å². The van der Waals surface area contributed by atoms with Crippen LogP contribution in [0.2, 0.25) is 0 Å². The molecule has 23 heavy (non-hydrogen) atoms. The van der Waals surface area contributed by atoms with E-state index in [1.807, 2.05) is 0 Å². The first kappa shape index (κ1) is 19.0. The quantitative estimate of drug-likeness (QED) is 0.769. The largest absolute Gasteiger partial charge is 0.478 e. The molecule has 0 aromatic heterocycles. The zero-order valence-corrected chi connectivity index (χ0v) is 14.1. The van der Waals surface area contributed by atoms with E-state index in [9.17, 15) is 14.0 Å². The summed E-state index contributed by atoms with van der Waals surface area (Å²) < 4.78 is 18.7. The molecule has 7 heteroatoms. The van der Waals surface area contributed by atoms with Crippen molar-refractivity contribution in [2.45, 2.75) is 31.3 Å². The number of amides is 1. The van der Waals surface area contributed by atoms with Crippen LogP contribution < -0.4 is 5.32 Å². The third kappa shape index (κ3) is 8.25. The number of rotatable bonds is 6. The summed E-state index contributed by atoms with van der Waals surface area (Å²) in [5.41, 5.74) is -0.442. The molecule has 0 saturated carbocycles. The van der Waals surface area contributed by atoms with Gasteiger partial charge in [0.15, 0.2) is 0 Å². The van der Waals surface area contributed by atoms with Gasteiger partial charge in [-0.3, -0.25) is 0 Å². The van der Waals surface area contributed by atoms with Gasteiger partial charge in [-0.15, -0.1) is 11.8 Å². The predicted octanol–water partition coefficient (Wildman–Crippen LogP) is 3.86. The highest BCUT2D eigenvalue weighted by atomic mass is 32.2. The lowest BCUT2D eigenvalue weighted by Crippen LogP contribution is -2.32. The first-order valence-electron chi connectivity index (χ1n) is 6.95. The van der Waals surface area contributed by atoms with Gasteiger partial charge < -0.3 is 15.2 Å². The number of alkyl carbamates (subject to hydrolysis) is 1. The fourth-order valence-corrected chi connectivity index (χ4v) is 2.30. The molecular formula is C16H20FNO4S. The molecule has 0 aliphatic carbocycles. The van der Waals surface area contributed by atoms with Crippen LogP contribution in [0, 0.1) is 0 Å². The molecule has 0 heterocycles. The smallest absolute Gasteiger partial charge is 0.407 e. The number of carboxylic acid groups (broad SMARTS) is 1. The highest BCUT2D eigenvalue weighted by Crippen LogP contribution is 2.22. The Kier molecular flexibility index (Phi) is 7.09. The summed E-state index contributed by atoms with van der Waals surface area (Å²) in [6.45, 7) is 5.25. The van der Waals surface area contributed by atoms with Crippen molar-refractivity contribution in [3.05, 3.63) is 41.7 Å². The molecule has 1 aromatic rings. The zero-order valence-electron chi connectivity index (χ0n) is 13.3. The van der Waals surface area contributed by atoms with Gasteiger partial charge in [0.05, 0.1) is 5.56 Å². The predicted molar refractivity (Wildman–Crippen MR) is 87.6 cm³/mol. The highest BCUT2D eigenvalue weighted by molar-refractivity contribution is 7.99. The minimum absolute atomic E-state index is 0.0243. The molecule has 0 fully saturated rings. The van der Waals surface area contributed by atoms with E-state index >= 15 is 0 Å². The Labute approximate surface area is 138 Å². The molecule has 5 nitrogen and oxygen atoms in total. The second kappa shape index (κ2) is 8.57. The van der Waals surface area contributed by atoms with Crippen molar-refractivity contribution < 1.29 is 23.8 Å². The van der Waals surface area contributed by atoms with E-state index in [4.69, 9.17) is 9.84 Å². The van der Waals surface area contributed by atoms with E-state index in [1.165, 1.54) is 30.0 Å². The Morgan fingerprint density at radius 3 is 2.70 bits per heavy atom. The maximum Gasteiger partial charge on any atom is 0.407 e. The van der Waals surface area contributed by atoms with Crippen molar-refractivity contribution in [1.29, 1.82) is 0 Å². The number of hydrogen-bond acceptors (Lipinski definition) is 4. The van der Waals surface area contributed by atoms with Crippen LogP contribution in [0.15, 0.2) is 41.1 Å². The Bertz CT molecular complexity index is 596. The number of halogens is 1.